The SMILES string of the molecule is CCC(N)C(Sc1ccc2c(c1)CCC2)c1ccco1. The van der Waals surface area contributed by atoms with Crippen molar-refractivity contribution in [3.8, 4) is 0 Å². The molecular weight excluding hydrogens is 266 g/mol. The normalized spacial score (nSPS) is 16.9. The highest BCUT2D eigenvalue weighted by Gasteiger charge is 2.23. The van der Waals surface area contributed by atoms with Gasteiger partial charge >= 0.3 is 0 Å². The molecule has 0 fully saturated rings. The molecule has 0 aliphatic heterocycles. The summed E-state index contributed by atoms with van der Waals surface area (Å²) < 4.78 is 5.58. The van der Waals surface area contributed by atoms with Gasteiger partial charge in [-0.3, -0.25) is 0 Å². The molecule has 0 spiro atoms. The number of aryl methyl sites for hydroxylation is 2. The minimum atomic E-state index is 0.111. The molecule has 0 radical (unpaired) electrons. The van der Waals surface area contributed by atoms with Crippen molar-refractivity contribution in [1.82, 2.24) is 0 Å². The molecule has 0 saturated heterocycles. The van der Waals surface area contributed by atoms with Gasteiger partial charge < -0.3 is 10.2 Å². The van der Waals surface area contributed by atoms with Crippen molar-refractivity contribution in [3.05, 3.63) is 53.5 Å². The lowest BCUT2D eigenvalue weighted by Crippen LogP contribution is -2.25. The lowest BCUT2D eigenvalue weighted by molar-refractivity contribution is 0.474. The number of hydrogen-bond donors (Lipinski definition) is 1. The van der Waals surface area contributed by atoms with Crippen LogP contribution in [0, 0.1) is 0 Å². The van der Waals surface area contributed by atoms with Crippen LogP contribution >= 0.6 is 11.8 Å². The monoisotopic (exact) mass is 287 g/mol. The van der Waals surface area contributed by atoms with Crippen LogP contribution in [0.2, 0.25) is 0 Å². The zero-order chi connectivity index (χ0) is 13.9. The molecule has 2 unspecified atom stereocenters. The van der Waals surface area contributed by atoms with E-state index in [9.17, 15) is 0 Å². The van der Waals surface area contributed by atoms with Gasteiger partial charge in [0.2, 0.25) is 0 Å². The number of nitrogens with two attached hydrogens (primary N) is 1. The van der Waals surface area contributed by atoms with E-state index in [4.69, 9.17) is 10.2 Å². The Bertz CT molecular complexity index is 564. The van der Waals surface area contributed by atoms with E-state index in [0.29, 0.717) is 0 Å². The van der Waals surface area contributed by atoms with Crippen LogP contribution in [0.3, 0.4) is 0 Å². The topological polar surface area (TPSA) is 39.2 Å². The van der Waals surface area contributed by atoms with Gasteiger partial charge in [0.05, 0.1) is 11.5 Å². The van der Waals surface area contributed by atoms with Crippen molar-refractivity contribution in [1.29, 1.82) is 0 Å². The standard InChI is InChI=1S/C17H21NOS/c1-2-15(18)17(16-7-4-10-19-16)20-14-9-8-12-5-3-6-13(12)11-14/h4,7-11,15,17H,2-3,5-6,18H2,1H3. The second-order valence-corrected chi connectivity index (χ2v) is 6.63. The predicted molar refractivity (Wildman–Crippen MR) is 84.0 cm³/mol. The van der Waals surface area contributed by atoms with Gasteiger partial charge in [-0.05, 0) is 61.1 Å². The van der Waals surface area contributed by atoms with Crippen LogP contribution in [0.15, 0.2) is 45.9 Å². The highest BCUT2D eigenvalue weighted by Crippen LogP contribution is 2.39. The minimum absolute atomic E-state index is 0.111. The van der Waals surface area contributed by atoms with Crippen LogP contribution in [-0.2, 0) is 12.8 Å². The van der Waals surface area contributed by atoms with Gasteiger partial charge in [0.1, 0.15) is 5.76 Å². The van der Waals surface area contributed by atoms with Gasteiger partial charge in [-0.25, -0.2) is 0 Å². The van der Waals surface area contributed by atoms with E-state index in [1.165, 1.54) is 35.3 Å². The molecule has 2 N–H and O–H groups in total. The number of hydrogen-bond acceptors (Lipinski definition) is 3. The molecule has 1 aliphatic rings. The zero-order valence-electron chi connectivity index (χ0n) is 11.8. The average molecular weight is 287 g/mol. The molecule has 3 heteroatoms. The maximum atomic E-state index is 6.29. The van der Waals surface area contributed by atoms with Gasteiger partial charge in [-0.2, -0.15) is 0 Å². The summed E-state index contributed by atoms with van der Waals surface area (Å²) in [6.45, 7) is 2.13. The van der Waals surface area contributed by atoms with E-state index in [1.54, 1.807) is 6.26 Å². The second kappa shape index (κ2) is 6.06. The van der Waals surface area contributed by atoms with Crippen molar-refractivity contribution in [2.24, 2.45) is 5.73 Å². The molecule has 1 aromatic carbocycles. The molecule has 2 aromatic rings. The smallest absolute Gasteiger partial charge is 0.118 e. The quantitative estimate of drug-likeness (QED) is 0.831. The van der Waals surface area contributed by atoms with Crippen LogP contribution in [0.25, 0.3) is 0 Å². The minimum Gasteiger partial charge on any atom is -0.468 e. The first-order valence-corrected chi connectivity index (χ1v) is 8.23. The Kier molecular flexibility index (Phi) is 4.18. The maximum absolute atomic E-state index is 6.29. The third kappa shape index (κ3) is 2.79. The Morgan fingerprint density at radius 3 is 2.85 bits per heavy atom. The number of thioether (sulfide) groups is 1. The van der Waals surface area contributed by atoms with Crippen molar-refractivity contribution in [3.63, 3.8) is 0 Å². The largest absolute Gasteiger partial charge is 0.468 e. The molecule has 2 nitrogen and oxygen atoms in total. The van der Waals surface area contributed by atoms with E-state index < -0.39 is 0 Å². The van der Waals surface area contributed by atoms with Crippen LogP contribution in [0.1, 0.15) is 41.9 Å². The molecule has 20 heavy (non-hydrogen) atoms. The summed E-state index contributed by atoms with van der Waals surface area (Å²) in [5, 5.41) is 0.189. The third-order valence-corrected chi connectivity index (χ3v) is 5.38. The molecule has 0 amide bonds. The first-order chi connectivity index (χ1) is 9.78. The molecular formula is C17H21NOS. The number of rotatable bonds is 5. The molecule has 2 atom stereocenters. The highest BCUT2D eigenvalue weighted by atomic mass is 32.2. The third-order valence-electron chi connectivity index (χ3n) is 4.02. The zero-order valence-corrected chi connectivity index (χ0v) is 12.7. The number of fused-ring (bicyclic) bond motifs is 1. The average Bonchev–Trinajstić information content (AvgIpc) is 3.14. The lowest BCUT2D eigenvalue weighted by Gasteiger charge is -2.20. The van der Waals surface area contributed by atoms with Crippen molar-refractivity contribution in [2.75, 3.05) is 0 Å². The van der Waals surface area contributed by atoms with E-state index in [2.05, 4.69) is 25.1 Å². The van der Waals surface area contributed by atoms with E-state index >= 15 is 0 Å². The summed E-state index contributed by atoms with van der Waals surface area (Å²) in [7, 11) is 0. The summed E-state index contributed by atoms with van der Waals surface area (Å²) in [6, 6.07) is 10.9. The molecule has 1 aromatic heterocycles. The Labute approximate surface area is 124 Å². The van der Waals surface area contributed by atoms with Crippen molar-refractivity contribution >= 4 is 11.8 Å². The number of furan rings is 1. The van der Waals surface area contributed by atoms with Crippen LogP contribution in [0.4, 0.5) is 0 Å². The Balaban J connectivity index is 1.83. The lowest BCUT2D eigenvalue weighted by atomic mass is 10.1. The van der Waals surface area contributed by atoms with Crippen molar-refractivity contribution in [2.45, 2.75) is 48.8 Å². The van der Waals surface area contributed by atoms with Gasteiger partial charge in [0, 0.05) is 10.9 Å². The molecule has 3 rings (SSSR count). The second-order valence-electron chi connectivity index (χ2n) is 5.41. The van der Waals surface area contributed by atoms with Gasteiger partial charge in [0.15, 0.2) is 0 Å². The molecule has 1 heterocycles. The molecule has 106 valence electrons. The van der Waals surface area contributed by atoms with Crippen LogP contribution in [-0.4, -0.2) is 6.04 Å². The van der Waals surface area contributed by atoms with Crippen molar-refractivity contribution < 1.29 is 4.42 Å². The first-order valence-electron chi connectivity index (χ1n) is 7.35. The van der Waals surface area contributed by atoms with E-state index in [-0.39, 0.29) is 11.3 Å². The molecule has 0 saturated carbocycles. The highest BCUT2D eigenvalue weighted by molar-refractivity contribution is 7.99. The van der Waals surface area contributed by atoms with E-state index in [0.717, 1.165) is 12.2 Å². The van der Waals surface area contributed by atoms with Gasteiger partial charge in [0.25, 0.3) is 0 Å². The fourth-order valence-corrected chi connectivity index (χ4v) is 4.06. The molecule has 0 bridgehead atoms. The molecule has 1 aliphatic carbocycles. The summed E-state index contributed by atoms with van der Waals surface area (Å²) in [4.78, 5) is 1.30. The Hall–Kier alpha value is -1.19. The van der Waals surface area contributed by atoms with Crippen LogP contribution < -0.4 is 5.73 Å². The summed E-state index contributed by atoms with van der Waals surface area (Å²) in [5.41, 5.74) is 9.32. The van der Waals surface area contributed by atoms with E-state index in [1.807, 2.05) is 23.9 Å². The fourth-order valence-electron chi connectivity index (χ4n) is 2.79. The maximum Gasteiger partial charge on any atom is 0.118 e. The summed E-state index contributed by atoms with van der Waals surface area (Å²) in [6.07, 6.45) is 6.42. The Morgan fingerprint density at radius 1 is 1.25 bits per heavy atom. The van der Waals surface area contributed by atoms with Crippen LogP contribution in [0.5, 0.6) is 0 Å². The summed E-state index contributed by atoms with van der Waals surface area (Å²) >= 11 is 1.83. The predicted octanol–water partition coefficient (Wildman–Crippen LogP) is 4.34. The summed E-state index contributed by atoms with van der Waals surface area (Å²) in [5.74, 6) is 0.977. The van der Waals surface area contributed by atoms with Gasteiger partial charge in [-0.1, -0.05) is 13.0 Å². The van der Waals surface area contributed by atoms with Gasteiger partial charge in [-0.15, -0.1) is 11.8 Å². The fraction of sp³-hybridized carbons (Fsp3) is 0.412. The Morgan fingerprint density at radius 2 is 2.10 bits per heavy atom. The number of benzene rings is 1. The first kappa shape index (κ1) is 13.8.